The number of nitrogens with zero attached hydrogens (tertiary/aromatic N) is 2. The molecule has 18 heavy (non-hydrogen) atoms. The van der Waals surface area contributed by atoms with Crippen molar-refractivity contribution in [3.05, 3.63) is 29.6 Å². The van der Waals surface area contributed by atoms with Crippen molar-refractivity contribution in [1.29, 1.82) is 0 Å². The maximum absolute atomic E-state index is 13.3. The minimum absolute atomic E-state index is 0.0759. The van der Waals surface area contributed by atoms with Crippen LogP contribution in [0.1, 0.15) is 26.6 Å². The predicted molar refractivity (Wildman–Crippen MR) is 65.4 cm³/mol. The molecule has 3 nitrogen and oxygen atoms in total. The van der Waals surface area contributed by atoms with E-state index >= 15 is 0 Å². The van der Waals surface area contributed by atoms with Gasteiger partial charge in [0, 0.05) is 24.1 Å². The van der Waals surface area contributed by atoms with E-state index in [1.54, 1.807) is 4.57 Å². The average Bonchev–Trinajstić information content (AvgIpc) is 2.58. The molecule has 0 atom stereocenters. The third kappa shape index (κ3) is 2.10. The van der Waals surface area contributed by atoms with Crippen LogP contribution in [-0.2, 0) is 12.0 Å². The van der Waals surface area contributed by atoms with Crippen LogP contribution in [0, 0.1) is 11.6 Å². The molecule has 0 spiro atoms. The molecule has 2 rings (SSSR count). The molecule has 0 aliphatic heterocycles. The van der Waals surface area contributed by atoms with Gasteiger partial charge in [-0.05, 0) is 0 Å². The number of fused-ring (bicyclic) bond motifs is 1. The molecule has 0 aliphatic carbocycles. The summed E-state index contributed by atoms with van der Waals surface area (Å²) >= 11 is 0. The van der Waals surface area contributed by atoms with Gasteiger partial charge in [0.1, 0.15) is 5.82 Å². The van der Waals surface area contributed by atoms with Crippen LogP contribution >= 0.6 is 0 Å². The predicted octanol–water partition coefficient (Wildman–Crippen LogP) is 2.60. The monoisotopic (exact) mass is 254 g/mol. The molecule has 0 saturated heterocycles. The van der Waals surface area contributed by atoms with E-state index in [0.717, 1.165) is 12.1 Å². The van der Waals surface area contributed by atoms with Crippen LogP contribution in [0.3, 0.4) is 0 Å². The average molecular weight is 254 g/mol. The van der Waals surface area contributed by atoms with E-state index in [-0.39, 0.29) is 12.0 Å². The standard InChI is InChI=1S/C13H16F2N2O/c1-13(2,3)12-16-10-6-8(14)9(15)7-11(10)17(12)4-5-18/h6-7,18H,4-5H2,1-3H3. The van der Waals surface area contributed by atoms with Crippen LogP contribution in [0.2, 0.25) is 0 Å². The second-order valence-electron chi connectivity index (χ2n) is 5.32. The molecule has 0 aliphatic rings. The Labute approximate surface area is 104 Å². The Morgan fingerprint density at radius 1 is 1.22 bits per heavy atom. The summed E-state index contributed by atoms with van der Waals surface area (Å²) in [4.78, 5) is 4.35. The second kappa shape index (κ2) is 4.31. The van der Waals surface area contributed by atoms with Gasteiger partial charge < -0.3 is 9.67 Å². The highest BCUT2D eigenvalue weighted by Crippen LogP contribution is 2.27. The fourth-order valence-electron chi connectivity index (χ4n) is 2.02. The zero-order valence-electron chi connectivity index (χ0n) is 10.7. The van der Waals surface area contributed by atoms with Crippen molar-refractivity contribution in [2.24, 2.45) is 0 Å². The van der Waals surface area contributed by atoms with Crippen molar-refractivity contribution < 1.29 is 13.9 Å². The topological polar surface area (TPSA) is 38.0 Å². The van der Waals surface area contributed by atoms with Crippen LogP contribution < -0.4 is 0 Å². The Hall–Kier alpha value is -1.49. The highest BCUT2D eigenvalue weighted by molar-refractivity contribution is 5.76. The van der Waals surface area contributed by atoms with Gasteiger partial charge in [0.2, 0.25) is 0 Å². The Morgan fingerprint density at radius 3 is 2.39 bits per heavy atom. The van der Waals surface area contributed by atoms with E-state index < -0.39 is 11.6 Å². The summed E-state index contributed by atoms with van der Waals surface area (Å²) in [6, 6.07) is 2.22. The first-order valence-electron chi connectivity index (χ1n) is 5.81. The summed E-state index contributed by atoms with van der Waals surface area (Å²) in [5.41, 5.74) is 0.654. The number of aromatic nitrogens is 2. The van der Waals surface area contributed by atoms with Gasteiger partial charge in [-0.1, -0.05) is 20.8 Å². The molecule has 1 heterocycles. The van der Waals surface area contributed by atoms with E-state index in [0.29, 0.717) is 23.4 Å². The van der Waals surface area contributed by atoms with Gasteiger partial charge in [0.25, 0.3) is 0 Å². The zero-order chi connectivity index (χ0) is 13.5. The highest BCUT2D eigenvalue weighted by atomic mass is 19.2. The lowest BCUT2D eigenvalue weighted by molar-refractivity contribution is 0.273. The Balaban J connectivity index is 2.75. The van der Waals surface area contributed by atoms with Crippen molar-refractivity contribution in [1.82, 2.24) is 9.55 Å². The van der Waals surface area contributed by atoms with E-state index in [1.807, 2.05) is 20.8 Å². The maximum atomic E-state index is 13.3. The number of aliphatic hydroxyl groups excluding tert-OH is 1. The van der Waals surface area contributed by atoms with Gasteiger partial charge in [-0.15, -0.1) is 0 Å². The Bertz CT molecular complexity index is 585. The SMILES string of the molecule is CC(C)(C)c1nc2cc(F)c(F)cc2n1CCO. The molecule has 98 valence electrons. The van der Waals surface area contributed by atoms with E-state index in [4.69, 9.17) is 5.11 Å². The number of hydrogen-bond donors (Lipinski definition) is 1. The van der Waals surface area contributed by atoms with Gasteiger partial charge >= 0.3 is 0 Å². The number of aliphatic hydroxyl groups is 1. The fourth-order valence-corrected chi connectivity index (χ4v) is 2.02. The molecule has 1 N–H and O–H groups in total. The maximum Gasteiger partial charge on any atom is 0.161 e. The van der Waals surface area contributed by atoms with Crippen LogP contribution in [-0.4, -0.2) is 21.3 Å². The fraction of sp³-hybridized carbons (Fsp3) is 0.462. The van der Waals surface area contributed by atoms with Crippen molar-refractivity contribution >= 4 is 11.0 Å². The minimum atomic E-state index is -0.906. The van der Waals surface area contributed by atoms with Gasteiger partial charge in [0.15, 0.2) is 11.6 Å². The van der Waals surface area contributed by atoms with Gasteiger partial charge in [-0.2, -0.15) is 0 Å². The van der Waals surface area contributed by atoms with Crippen molar-refractivity contribution in [2.75, 3.05) is 6.61 Å². The molecule has 0 saturated carbocycles. The lowest BCUT2D eigenvalue weighted by atomic mass is 9.95. The molecule has 1 aromatic carbocycles. The van der Waals surface area contributed by atoms with Crippen LogP contribution in [0.5, 0.6) is 0 Å². The highest BCUT2D eigenvalue weighted by Gasteiger charge is 2.23. The first-order chi connectivity index (χ1) is 8.34. The minimum Gasteiger partial charge on any atom is -0.395 e. The Morgan fingerprint density at radius 2 is 1.83 bits per heavy atom. The summed E-state index contributed by atoms with van der Waals surface area (Å²) in [6.45, 7) is 6.14. The first-order valence-corrected chi connectivity index (χ1v) is 5.81. The van der Waals surface area contributed by atoms with Gasteiger partial charge in [-0.3, -0.25) is 0 Å². The van der Waals surface area contributed by atoms with Crippen LogP contribution in [0.15, 0.2) is 12.1 Å². The summed E-state index contributed by atoms with van der Waals surface area (Å²) in [6.07, 6.45) is 0. The quantitative estimate of drug-likeness (QED) is 0.894. The molecule has 0 amide bonds. The lowest BCUT2D eigenvalue weighted by Gasteiger charge is -2.19. The number of imidazole rings is 1. The molecule has 2 aromatic rings. The molecule has 0 unspecified atom stereocenters. The van der Waals surface area contributed by atoms with E-state index in [1.165, 1.54) is 0 Å². The summed E-state index contributed by atoms with van der Waals surface area (Å²) in [7, 11) is 0. The number of halogens is 2. The molecular weight excluding hydrogens is 238 g/mol. The number of benzene rings is 1. The van der Waals surface area contributed by atoms with Crippen LogP contribution in [0.4, 0.5) is 8.78 Å². The molecule has 5 heteroatoms. The largest absolute Gasteiger partial charge is 0.395 e. The van der Waals surface area contributed by atoms with Crippen LogP contribution in [0.25, 0.3) is 11.0 Å². The normalized spacial score (nSPS) is 12.3. The molecule has 1 aromatic heterocycles. The number of rotatable bonds is 2. The van der Waals surface area contributed by atoms with Crippen molar-refractivity contribution in [3.63, 3.8) is 0 Å². The molecular formula is C13H16F2N2O. The summed E-state index contributed by atoms with van der Waals surface area (Å²) in [5.74, 6) is -1.10. The zero-order valence-corrected chi connectivity index (χ0v) is 10.7. The molecule has 0 radical (unpaired) electrons. The molecule has 0 bridgehead atoms. The van der Waals surface area contributed by atoms with Gasteiger partial charge in [0.05, 0.1) is 17.6 Å². The third-order valence-electron chi connectivity index (χ3n) is 2.78. The second-order valence-corrected chi connectivity index (χ2v) is 5.32. The summed E-state index contributed by atoms with van der Waals surface area (Å²) in [5, 5.41) is 9.10. The smallest absolute Gasteiger partial charge is 0.161 e. The van der Waals surface area contributed by atoms with Crippen molar-refractivity contribution in [2.45, 2.75) is 32.7 Å². The lowest BCUT2D eigenvalue weighted by Crippen LogP contribution is -2.20. The summed E-state index contributed by atoms with van der Waals surface area (Å²) < 4.78 is 28.2. The Kier molecular flexibility index (Phi) is 3.11. The van der Waals surface area contributed by atoms with Gasteiger partial charge in [-0.25, -0.2) is 13.8 Å². The number of hydrogen-bond acceptors (Lipinski definition) is 2. The first kappa shape index (κ1) is 13.0. The molecule has 0 fully saturated rings. The van der Waals surface area contributed by atoms with E-state index in [9.17, 15) is 8.78 Å². The third-order valence-corrected chi connectivity index (χ3v) is 2.78. The van der Waals surface area contributed by atoms with Crippen molar-refractivity contribution in [3.8, 4) is 0 Å². The van der Waals surface area contributed by atoms with E-state index in [2.05, 4.69) is 4.98 Å².